The highest BCUT2D eigenvalue weighted by atomic mass is 16.6. The number of ether oxygens (including phenoxy) is 2. The number of nitrogens with one attached hydrogen (secondary N) is 2. The summed E-state index contributed by atoms with van der Waals surface area (Å²) in [4.78, 5) is 18.4. The third-order valence-electron chi connectivity index (χ3n) is 5.19. The zero-order chi connectivity index (χ0) is 20.6. The van der Waals surface area contributed by atoms with Crippen LogP contribution in [-0.4, -0.2) is 68.0 Å². The zero-order valence-corrected chi connectivity index (χ0v) is 18.4. The minimum absolute atomic E-state index is 0.296. The number of carbonyl (C=O) groups is 1. The Labute approximate surface area is 170 Å². The van der Waals surface area contributed by atoms with Gasteiger partial charge >= 0.3 is 6.09 Å². The van der Waals surface area contributed by atoms with E-state index in [1.54, 1.807) is 0 Å². The van der Waals surface area contributed by atoms with Gasteiger partial charge < -0.3 is 25.0 Å². The summed E-state index contributed by atoms with van der Waals surface area (Å²) in [7, 11) is 1.87. The van der Waals surface area contributed by atoms with E-state index in [-0.39, 0.29) is 6.09 Å². The van der Waals surface area contributed by atoms with Gasteiger partial charge in [-0.2, -0.15) is 0 Å². The van der Waals surface area contributed by atoms with Gasteiger partial charge in [0.2, 0.25) is 0 Å². The molecule has 1 aliphatic carbocycles. The number of hydrogen-bond acceptors (Lipinski definition) is 4. The number of aliphatic imine (C=N–C) groups is 1. The third-order valence-corrected chi connectivity index (χ3v) is 5.19. The molecular weight excluding hydrogens is 356 g/mol. The van der Waals surface area contributed by atoms with Crippen LogP contribution in [0.25, 0.3) is 0 Å². The molecule has 1 saturated heterocycles. The lowest BCUT2D eigenvalue weighted by Gasteiger charge is -2.34. The molecule has 0 aromatic carbocycles. The van der Waals surface area contributed by atoms with Gasteiger partial charge in [-0.1, -0.05) is 13.3 Å². The Hall–Kier alpha value is -1.50. The van der Waals surface area contributed by atoms with E-state index >= 15 is 0 Å². The van der Waals surface area contributed by atoms with E-state index in [2.05, 4.69) is 27.4 Å². The van der Waals surface area contributed by atoms with Crippen molar-refractivity contribution >= 4 is 12.1 Å². The first-order valence-corrected chi connectivity index (χ1v) is 10.9. The molecule has 1 amide bonds. The topological polar surface area (TPSA) is 75.2 Å². The van der Waals surface area contributed by atoms with Crippen molar-refractivity contribution in [2.45, 2.75) is 84.0 Å². The van der Waals surface area contributed by atoms with Gasteiger partial charge in [-0.05, 0) is 58.8 Å². The smallest absolute Gasteiger partial charge is 0.407 e. The minimum Gasteiger partial charge on any atom is -0.444 e. The molecule has 0 aromatic rings. The summed E-state index contributed by atoms with van der Waals surface area (Å²) in [6.07, 6.45) is 6.62. The summed E-state index contributed by atoms with van der Waals surface area (Å²) in [5.74, 6) is 1.88. The van der Waals surface area contributed by atoms with Crippen molar-refractivity contribution < 1.29 is 14.3 Å². The fourth-order valence-electron chi connectivity index (χ4n) is 3.64. The van der Waals surface area contributed by atoms with Crippen LogP contribution in [0.2, 0.25) is 0 Å². The summed E-state index contributed by atoms with van der Waals surface area (Å²) in [6.45, 7) is 11.0. The maximum absolute atomic E-state index is 11.6. The van der Waals surface area contributed by atoms with Crippen molar-refractivity contribution in [3.63, 3.8) is 0 Å². The number of likely N-dealkylation sites (tertiary alicyclic amines) is 1. The van der Waals surface area contributed by atoms with Crippen LogP contribution in [0.5, 0.6) is 0 Å². The molecule has 162 valence electrons. The standard InChI is InChI=1S/C21H40N4O3/c1-6-8-16-15-18(16)24-19(22-5)25-12-9-17(10-13-25)27-14-7-11-23-20(26)28-21(2,3)4/h16-18H,6-15H2,1-5H3,(H,22,24)(H,23,26). The van der Waals surface area contributed by atoms with Gasteiger partial charge in [-0.3, -0.25) is 4.99 Å². The number of carbonyl (C=O) groups excluding carboxylic acids is 1. The molecule has 2 aliphatic rings. The maximum Gasteiger partial charge on any atom is 0.407 e. The molecule has 2 N–H and O–H groups in total. The Kier molecular flexibility index (Phi) is 8.86. The fourth-order valence-corrected chi connectivity index (χ4v) is 3.64. The molecule has 28 heavy (non-hydrogen) atoms. The molecule has 1 aliphatic heterocycles. The van der Waals surface area contributed by atoms with E-state index in [9.17, 15) is 4.79 Å². The van der Waals surface area contributed by atoms with Crippen LogP contribution in [0.3, 0.4) is 0 Å². The minimum atomic E-state index is -0.458. The Balaban J connectivity index is 1.55. The Morgan fingerprint density at radius 3 is 2.57 bits per heavy atom. The third kappa shape index (κ3) is 8.25. The fraction of sp³-hybridized carbons (Fsp3) is 0.905. The first-order chi connectivity index (χ1) is 13.3. The highest BCUT2D eigenvalue weighted by Gasteiger charge is 2.37. The van der Waals surface area contributed by atoms with Crippen LogP contribution in [0.1, 0.15) is 66.2 Å². The second kappa shape index (κ2) is 10.9. The van der Waals surface area contributed by atoms with Gasteiger partial charge in [0.05, 0.1) is 6.10 Å². The SMILES string of the molecule is CCCC1CC1NC(=NC)N1CCC(OCCCNC(=O)OC(C)(C)C)CC1. The molecule has 0 radical (unpaired) electrons. The van der Waals surface area contributed by atoms with E-state index in [4.69, 9.17) is 9.47 Å². The second-order valence-corrected chi connectivity index (χ2v) is 8.92. The van der Waals surface area contributed by atoms with Crippen molar-refractivity contribution in [1.82, 2.24) is 15.5 Å². The zero-order valence-electron chi connectivity index (χ0n) is 18.4. The number of guanidine groups is 1. The molecule has 2 atom stereocenters. The molecule has 2 unspecified atom stereocenters. The average Bonchev–Trinajstić information content (AvgIpc) is 3.36. The molecule has 2 rings (SSSR count). The first kappa shape index (κ1) is 22.8. The van der Waals surface area contributed by atoms with Crippen LogP contribution >= 0.6 is 0 Å². The summed E-state index contributed by atoms with van der Waals surface area (Å²) >= 11 is 0. The lowest BCUT2D eigenvalue weighted by molar-refractivity contribution is 0.0170. The monoisotopic (exact) mass is 396 g/mol. The summed E-state index contributed by atoms with van der Waals surface area (Å²) in [6, 6.07) is 0.616. The van der Waals surface area contributed by atoms with Crippen molar-refractivity contribution in [1.29, 1.82) is 0 Å². The molecule has 0 aromatic heterocycles. The van der Waals surface area contributed by atoms with Crippen LogP contribution in [-0.2, 0) is 9.47 Å². The van der Waals surface area contributed by atoms with Crippen molar-refractivity contribution in [3.05, 3.63) is 0 Å². The largest absolute Gasteiger partial charge is 0.444 e. The summed E-state index contributed by atoms with van der Waals surface area (Å²) in [5.41, 5.74) is -0.458. The van der Waals surface area contributed by atoms with Crippen LogP contribution < -0.4 is 10.6 Å². The van der Waals surface area contributed by atoms with E-state index in [1.165, 1.54) is 19.3 Å². The molecule has 7 heteroatoms. The van der Waals surface area contributed by atoms with E-state index in [1.807, 2.05) is 27.8 Å². The summed E-state index contributed by atoms with van der Waals surface area (Å²) in [5, 5.41) is 6.40. The highest BCUT2D eigenvalue weighted by molar-refractivity contribution is 5.80. The number of amides is 1. The van der Waals surface area contributed by atoms with Crippen molar-refractivity contribution in [2.24, 2.45) is 10.9 Å². The number of rotatable bonds is 8. The van der Waals surface area contributed by atoms with Crippen molar-refractivity contribution in [3.8, 4) is 0 Å². The molecule has 7 nitrogen and oxygen atoms in total. The van der Waals surface area contributed by atoms with Crippen LogP contribution in [0.15, 0.2) is 4.99 Å². The molecule has 1 heterocycles. The molecule has 1 saturated carbocycles. The average molecular weight is 397 g/mol. The van der Waals surface area contributed by atoms with Gasteiger partial charge in [-0.15, -0.1) is 0 Å². The quantitative estimate of drug-likeness (QED) is 0.374. The summed E-state index contributed by atoms with van der Waals surface area (Å²) < 4.78 is 11.2. The predicted octanol–water partition coefficient (Wildman–Crippen LogP) is 3.15. The number of hydrogen-bond donors (Lipinski definition) is 2. The Bertz CT molecular complexity index is 510. The van der Waals surface area contributed by atoms with Crippen molar-refractivity contribution in [2.75, 3.05) is 33.3 Å². The number of nitrogens with zero attached hydrogens (tertiary/aromatic N) is 2. The maximum atomic E-state index is 11.6. The Morgan fingerprint density at radius 1 is 1.25 bits per heavy atom. The Morgan fingerprint density at radius 2 is 1.96 bits per heavy atom. The van der Waals surface area contributed by atoms with Gasteiger partial charge in [0.1, 0.15) is 5.60 Å². The number of piperidine rings is 1. The van der Waals surface area contributed by atoms with E-state index in [0.29, 0.717) is 25.3 Å². The first-order valence-electron chi connectivity index (χ1n) is 10.9. The van der Waals surface area contributed by atoms with Gasteiger partial charge in [0.15, 0.2) is 5.96 Å². The van der Waals surface area contributed by atoms with Gasteiger partial charge in [0.25, 0.3) is 0 Å². The van der Waals surface area contributed by atoms with E-state index in [0.717, 1.165) is 44.2 Å². The molecular formula is C21H40N4O3. The normalized spacial score (nSPS) is 23.5. The predicted molar refractivity (Wildman–Crippen MR) is 113 cm³/mol. The van der Waals surface area contributed by atoms with Crippen LogP contribution in [0.4, 0.5) is 4.79 Å². The number of alkyl carbamates (subject to hydrolysis) is 1. The molecule has 0 spiro atoms. The van der Waals surface area contributed by atoms with Gasteiger partial charge in [-0.25, -0.2) is 4.79 Å². The molecule has 0 bridgehead atoms. The van der Waals surface area contributed by atoms with E-state index < -0.39 is 5.60 Å². The lowest BCUT2D eigenvalue weighted by Crippen LogP contribution is -2.48. The lowest BCUT2D eigenvalue weighted by atomic mass is 10.1. The highest BCUT2D eigenvalue weighted by Crippen LogP contribution is 2.34. The van der Waals surface area contributed by atoms with Crippen LogP contribution in [0, 0.1) is 5.92 Å². The molecule has 2 fully saturated rings. The van der Waals surface area contributed by atoms with Gasteiger partial charge in [0, 0.05) is 39.3 Å². The second-order valence-electron chi connectivity index (χ2n) is 8.92.